The molecule has 106 valence electrons. The third-order valence-electron chi connectivity index (χ3n) is 3.25. The minimum atomic E-state index is -0.451. The van der Waals surface area contributed by atoms with Gasteiger partial charge in [0.2, 0.25) is 5.91 Å². The molecule has 1 saturated heterocycles. The van der Waals surface area contributed by atoms with Gasteiger partial charge in [-0.3, -0.25) is 4.79 Å². The molecule has 1 fully saturated rings. The van der Waals surface area contributed by atoms with Gasteiger partial charge in [0, 0.05) is 5.69 Å². The van der Waals surface area contributed by atoms with E-state index in [-0.39, 0.29) is 18.0 Å². The fraction of sp³-hybridized carbons (Fsp3) is 0.400. The molecule has 1 aliphatic rings. The van der Waals surface area contributed by atoms with Crippen LogP contribution in [0.25, 0.3) is 0 Å². The topological polar surface area (TPSA) is 55.1 Å². The normalized spacial score (nSPS) is 21.1. The molecular formula is C15H17FN2OS. The van der Waals surface area contributed by atoms with Crippen LogP contribution >= 0.6 is 11.8 Å². The Morgan fingerprint density at radius 1 is 1.60 bits per heavy atom. The molecule has 1 aromatic rings. The van der Waals surface area contributed by atoms with Crippen LogP contribution in [0.1, 0.15) is 25.3 Å². The molecule has 20 heavy (non-hydrogen) atoms. The molecule has 3 nitrogen and oxygen atoms in total. The first kappa shape index (κ1) is 14.9. The molecular weight excluding hydrogens is 275 g/mol. The zero-order valence-corrected chi connectivity index (χ0v) is 12.1. The first-order valence-electron chi connectivity index (χ1n) is 6.49. The lowest BCUT2D eigenvalue weighted by Gasteiger charge is -2.21. The van der Waals surface area contributed by atoms with E-state index in [4.69, 9.17) is 5.73 Å². The summed E-state index contributed by atoms with van der Waals surface area (Å²) in [5, 5.41) is 2.78. The third kappa shape index (κ3) is 3.33. The maximum atomic E-state index is 13.8. The van der Waals surface area contributed by atoms with Gasteiger partial charge in [-0.05, 0) is 43.7 Å². The number of halogens is 1. The second-order valence-corrected chi connectivity index (χ2v) is 6.44. The van der Waals surface area contributed by atoms with Crippen molar-refractivity contribution >= 4 is 23.4 Å². The molecule has 1 atom stereocenters. The molecule has 5 heteroatoms. The van der Waals surface area contributed by atoms with Crippen LogP contribution in [-0.4, -0.2) is 23.0 Å². The molecule has 0 bridgehead atoms. The second-order valence-electron chi connectivity index (χ2n) is 4.84. The largest absolute Gasteiger partial charge is 0.325 e. The Hall–Kier alpha value is -1.51. The number of carbonyl (C=O) groups excluding carboxylic acids is 1. The molecule has 3 N–H and O–H groups in total. The predicted molar refractivity (Wildman–Crippen MR) is 81.1 cm³/mol. The lowest BCUT2D eigenvalue weighted by molar-refractivity contribution is -0.118. The van der Waals surface area contributed by atoms with Crippen molar-refractivity contribution in [1.82, 2.24) is 0 Å². The van der Waals surface area contributed by atoms with E-state index in [0.29, 0.717) is 5.69 Å². The Morgan fingerprint density at radius 2 is 2.40 bits per heavy atom. The number of anilines is 1. The summed E-state index contributed by atoms with van der Waals surface area (Å²) in [5.74, 6) is 5.72. The Bertz CT molecular complexity index is 571. The van der Waals surface area contributed by atoms with Gasteiger partial charge in [0.25, 0.3) is 0 Å². The highest BCUT2D eigenvalue weighted by molar-refractivity contribution is 8.01. The van der Waals surface area contributed by atoms with Crippen molar-refractivity contribution in [1.29, 1.82) is 0 Å². The second kappa shape index (κ2) is 6.29. The monoisotopic (exact) mass is 292 g/mol. The molecule has 0 aliphatic carbocycles. The highest BCUT2D eigenvalue weighted by Gasteiger charge is 2.37. The molecule has 1 amide bonds. The van der Waals surface area contributed by atoms with E-state index in [9.17, 15) is 9.18 Å². The lowest BCUT2D eigenvalue weighted by Crippen LogP contribution is -2.34. The highest BCUT2D eigenvalue weighted by Crippen LogP contribution is 2.38. The Morgan fingerprint density at radius 3 is 3.00 bits per heavy atom. The number of carbonyl (C=O) groups is 1. The number of thioether (sulfide) groups is 1. The summed E-state index contributed by atoms with van der Waals surface area (Å²) in [6.07, 6.45) is 1.89. The molecule has 1 heterocycles. The number of rotatable bonds is 2. The van der Waals surface area contributed by atoms with Crippen molar-refractivity contribution in [2.24, 2.45) is 5.73 Å². The average Bonchev–Trinajstić information content (AvgIpc) is 2.86. The maximum absolute atomic E-state index is 13.8. The SMILES string of the molecule is CC1(C(=O)Nc2ccc(C#CCN)c(F)c2)CCCS1. The van der Waals surface area contributed by atoms with Crippen molar-refractivity contribution in [3.05, 3.63) is 29.6 Å². The van der Waals surface area contributed by atoms with Crippen molar-refractivity contribution in [2.45, 2.75) is 24.5 Å². The van der Waals surface area contributed by atoms with Crippen molar-refractivity contribution in [3.8, 4) is 11.8 Å². The van der Waals surface area contributed by atoms with Crippen LogP contribution in [0.4, 0.5) is 10.1 Å². The van der Waals surface area contributed by atoms with E-state index in [1.807, 2.05) is 6.92 Å². The van der Waals surface area contributed by atoms with Crippen LogP contribution in [0.2, 0.25) is 0 Å². The van der Waals surface area contributed by atoms with Crippen molar-refractivity contribution < 1.29 is 9.18 Å². The number of amides is 1. The van der Waals surface area contributed by atoms with Gasteiger partial charge in [-0.1, -0.05) is 11.8 Å². The Labute approximate surface area is 122 Å². The standard InChI is InChI=1S/C15H17FN2OS/c1-15(7-3-9-20-15)14(19)18-12-6-5-11(4-2-8-17)13(16)10-12/h5-6,10H,3,7-9,17H2,1H3,(H,18,19). The molecule has 0 spiro atoms. The van der Waals surface area contributed by atoms with Crippen molar-refractivity contribution in [3.63, 3.8) is 0 Å². The van der Waals surface area contributed by atoms with E-state index in [2.05, 4.69) is 17.2 Å². The van der Waals surface area contributed by atoms with Gasteiger partial charge in [-0.2, -0.15) is 0 Å². The molecule has 0 aromatic heterocycles. The number of hydrogen-bond donors (Lipinski definition) is 2. The van der Waals surface area contributed by atoms with Crippen LogP contribution in [0.5, 0.6) is 0 Å². The van der Waals surface area contributed by atoms with Crippen LogP contribution in [0.3, 0.4) is 0 Å². The van der Waals surface area contributed by atoms with Gasteiger partial charge in [0.1, 0.15) is 5.82 Å². The maximum Gasteiger partial charge on any atom is 0.240 e. The highest BCUT2D eigenvalue weighted by atomic mass is 32.2. The van der Waals surface area contributed by atoms with Crippen LogP contribution in [-0.2, 0) is 4.79 Å². The molecule has 0 radical (unpaired) electrons. The summed E-state index contributed by atoms with van der Waals surface area (Å²) in [6, 6.07) is 4.50. The van der Waals surface area contributed by atoms with Gasteiger partial charge >= 0.3 is 0 Å². The van der Waals surface area contributed by atoms with Crippen LogP contribution in [0, 0.1) is 17.7 Å². The van der Waals surface area contributed by atoms with Crippen LogP contribution in [0.15, 0.2) is 18.2 Å². The number of hydrogen-bond acceptors (Lipinski definition) is 3. The smallest absolute Gasteiger partial charge is 0.240 e. The fourth-order valence-corrected chi connectivity index (χ4v) is 3.27. The summed E-state index contributed by atoms with van der Waals surface area (Å²) in [6.45, 7) is 2.12. The van der Waals surface area contributed by atoms with E-state index >= 15 is 0 Å². The Balaban J connectivity index is 2.10. The van der Waals surface area contributed by atoms with Gasteiger partial charge in [-0.15, -0.1) is 11.8 Å². The van der Waals surface area contributed by atoms with Gasteiger partial charge in [-0.25, -0.2) is 4.39 Å². The lowest BCUT2D eigenvalue weighted by atomic mass is 10.0. The molecule has 1 unspecified atom stereocenters. The van der Waals surface area contributed by atoms with E-state index in [1.165, 1.54) is 6.07 Å². The summed E-state index contributed by atoms with van der Waals surface area (Å²) < 4.78 is 13.4. The van der Waals surface area contributed by atoms with Gasteiger partial charge in [0.15, 0.2) is 0 Å². The van der Waals surface area contributed by atoms with Crippen molar-refractivity contribution in [2.75, 3.05) is 17.6 Å². The minimum absolute atomic E-state index is 0.0693. The molecule has 0 saturated carbocycles. The molecule has 1 aliphatic heterocycles. The molecule has 2 rings (SSSR count). The average molecular weight is 292 g/mol. The fourth-order valence-electron chi connectivity index (χ4n) is 2.06. The zero-order valence-electron chi connectivity index (χ0n) is 11.3. The summed E-state index contributed by atoms with van der Waals surface area (Å²) >= 11 is 1.65. The Kier molecular flexibility index (Phi) is 4.69. The van der Waals surface area contributed by atoms with E-state index in [1.54, 1.807) is 23.9 Å². The number of nitrogens with two attached hydrogens (primary N) is 1. The minimum Gasteiger partial charge on any atom is -0.325 e. The summed E-state index contributed by atoms with van der Waals surface area (Å²) in [4.78, 5) is 12.2. The van der Waals surface area contributed by atoms with Crippen LogP contribution < -0.4 is 11.1 Å². The quantitative estimate of drug-likeness (QED) is 0.823. The number of nitrogens with one attached hydrogen (secondary N) is 1. The van der Waals surface area contributed by atoms with E-state index in [0.717, 1.165) is 18.6 Å². The third-order valence-corrected chi connectivity index (χ3v) is 4.77. The zero-order chi connectivity index (χ0) is 14.6. The first-order chi connectivity index (χ1) is 9.55. The van der Waals surface area contributed by atoms with Gasteiger partial charge < -0.3 is 11.1 Å². The molecule has 1 aromatic carbocycles. The van der Waals surface area contributed by atoms with Gasteiger partial charge in [0.05, 0.1) is 16.9 Å². The summed E-state index contributed by atoms with van der Waals surface area (Å²) in [5.41, 5.74) is 6.00. The first-order valence-corrected chi connectivity index (χ1v) is 7.47. The summed E-state index contributed by atoms with van der Waals surface area (Å²) in [7, 11) is 0. The number of benzene rings is 1. The predicted octanol–water partition coefficient (Wildman–Crippen LogP) is 2.36. The van der Waals surface area contributed by atoms with E-state index < -0.39 is 10.6 Å².